The first-order chi connectivity index (χ1) is 11.5. The molecular formula is C18H15FN2O3. The summed E-state index contributed by atoms with van der Waals surface area (Å²) in [4.78, 5) is 27.4. The van der Waals surface area contributed by atoms with Gasteiger partial charge < -0.3 is 15.4 Å². The number of halogens is 1. The van der Waals surface area contributed by atoms with Gasteiger partial charge in [-0.1, -0.05) is 24.3 Å². The van der Waals surface area contributed by atoms with Gasteiger partial charge in [-0.25, -0.2) is 4.39 Å². The van der Waals surface area contributed by atoms with Crippen molar-refractivity contribution in [1.29, 1.82) is 0 Å². The number of hydrogen-bond donors (Lipinski definition) is 3. The van der Waals surface area contributed by atoms with Crippen LogP contribution in [0.5, 0.6) is 5.75 Å². The van der Waals surface area contributed by atoms with Crippen molar-refractivity contribution >= 4 is 16.8 Å². The molecule has 0 saturated carbocycles. The van der Waals surface area contributed by atoms with Crippen molar-refractivity contribution in [3.63, 3.8) is 0 Å². The average molecular weight is 326 g/mol. The number of aromatic nitrogens is 1. The van der Waals surface area contributed by atoms with Crippen LogP contribution in [0.4, 0.5) is 4.39 Å². The predicted octanol–water partition coefficient (Wildman–Crippen LogP) is 2.86. The zero-order valence-corrected chi connectivity index (χ0v) is 12.8. The molecule has 24 heavy (non-hydrogen) atoms. The third-order valence-electron chi connectivity index (χ3n) is 3.86. The number of H-pyrrole nitrogens is 1. The Morgan fingerprint density at radius 3 is 2.71 bits per heavy atom. The van der Waals surface area contributed by atoms with Gasteiger partial charge in [0, 0.05) is 17.1 Å². The third kappa shape index (κ3) is 2.74. The number of carbonyl (C=O) groups is 1. The Kier molecular flexibility index (Phi) is 4.04. The van der Waals surface area contributed by atoms with E-state index in [4.69, 9.17) is 0 Å². The Balaban J connectivity index is 1.94. The number of benzene rings is 2. The van der Waals surface area contributed by atoms with E-state index < -0.39 is 23.2 Å². The monoisotopic (exact) mass is 326 g/mol. The molecule has 3 rings (SSSR count). The van der Waals surface area contributed by atoms with Crippen LogP contribution in [0.3, 0.4) is 0 Å². The van der Waals surface area contributed by atoms with Crippen LogP contribution in [0, 0.1) is 5.82 Å². The number of aromatic hydroxyl groups is 1. The number of phenolic OH excluding ortho intramolecular Hbond substituents is 1. The van der Waals surface area contributed by atoms with Crippen molar-refractivity contribution in [2.45, 2.75) is 13.0 Å². The molecule has 0 bridgehead atoms. The summed E-state index contributed by atoms with van der Waals surface area (Å²) in [6.07, 6.45) is 1.20. The second-order valence-corrected chi connectivity index (χ2v) is 5.45. The van der Waals surface area contributed by atoms with Crippen LogP contribution in [-0.4, -0.2) is 16.0 Å². The largest absolute Gasteiger partial charge is 0.508 e. The maximum absolute atomic E-state index is 13.7. The van der Waals surface area contributed by atoms with Gasteiger partial charge in [-0.2, -0.15) is 0 Å². The molecule has 0 aliphatic rings. The molecule has 0 fully saturated rings. The molecule has 1 heterocycles. The van der Waals surface area contributed by atoms with Crippen LogP contribution < -0.4 is 10.7 Å². The van der Waals surface area contributed by atoms with Crippen LogP contribution >= 0.6 is 0 Å². The highest BCUT2D eigenvalue weighted by Crippen LogP contribution is 2.23. The molecule has 0 unspecified atom stereocenters. The van der Waals surface area contributed by atoms with E-state index in [0.717, 1.165) is 0 Å². The molecule has 1 aromatic heterocycles. The van der Waals surface area contributed by atoms with Gasteiger partial charge in [0.15, 0.2) is 0 Å². The number of hydrogen-bond acceptors (Lipinski definition) is 3. The topological polar surface area (TPSA) is 82.2 Å². The molecule has 0 aliphatic heterocycles. The van der Waals surface area contributed by atoms with E-state index in [1.165, 1.54) is 30.5 Å². The normalized spacial score (nSPS) is 12.1. The van der Waals surface area contributed by atoms with Crippen molar-refractivity contribution in [3.05, 3.63) is 75.8 Å². The lowest BCUT2D eigenvalue weighted by atomic mass is 10.1. The average Bonchev–Trinajstić information content (AvgIpc) is 2.56. The van der Waals surface area contributed by atoms with Crippen LogP contribution in [0.1, 0.15) is 28.9 Å². The lowest BCUT2D eigenvalue weighted by Gasteiger charge is -2.15. The minimum atomic E-state index is -0.599. The second kappa shape index (κ2) is 6.16. The summed E-state index contributed by atoms with van der Waals surface area (Å²) in [5.74, 6) is -1.10. The number of pyridine rings is 1. The second-order valence-electron chi connectivity index (χ2n) is 5.45. The van der Waals surface area contributed by atoms with E-state index in [1.54, 1.807) is 25.1 Å². The highest BCUT2D eigenvalue weighted by molar-refractivity contribution is 5.97. The summed E-state index contributed by atoms with van der Waals surface area (Å²) in [7, 11) is 0. The number of aromatic amines is 1. The summed E-state index contributed by atoms with van der Waals surface area (Å²) in [6, 6.07) is 10.2. The van der Waals surface area contributed by atoms with Crippen molar-refractivity contribution in [3.8, 4) is 5.75 Å². The summed E-state index contributed by atoms with van der Waals surface area (Å²) in [5.41, 5.74) is -0.0671. The quantitative estimate of drug-likeness (QED) is 0.692. The smallest absolute Gasteiger partial charge is 0.257 e. The summed E-state index contributed by atoms with van der Waals surface area (Å²) < 4.78 is 13.7. The first-order valence-electron chi connectivity index (χ1n) is 7.37. The summed E-state index contributed by atoms with van der Waals surface area (Å²) in [5, 5.41) is 12.6. The third-order valence-corrected chi connectivity index (χ3v) is 3.86. The van der Waals surface area contributed by atoms with Gasteiger partial charge in [0.25, 0.3) is 5.91 Å². The van der Waals surface area contributed by atoms with Crippen molar-refractivity contribution in [1.82, 2.24) is 10.3 Å². The van der Waals surface area contributed by atoms with E-state index >= 15 is 0 Å². The van der Waals surface area contributed by atoms with Gasteiger partial charge in [-0.15, -0.1) is 0 Å². The van der Waals surface area contributed by atoms with Crippen LogP contribution in [0.15, 0.2) is 53.5 Å². The number of rotatable bonds is 3. The molecule has 6 heteroatoms. The van der Waals surface area contributed by atoms with Gasteiger partial charge in [0.05, 0.1) is 11.6 Å². The highest BCUT2D eigenvalue weighted by atomic mass is 19.1. The number of carbonyl (C=O) groups excluding carboxylic acids is 1. The first kappa shape index (κ1) is 15.7. The standard InChI is InChI=1S/C18H15FN2O3/c1-10(11-5-2-3-8-15(11)22)21-18(24)13-9-20-16-12(17(13)23)6-4-7-14(16)19/h2-10,22H,1H3,(H,20,23)(H,21,24)/t10-/m1/s1. The molecule has 3 N–H and O–H groups in total. The Hall–Kier alpha value is -3.15. The lowest BCUT2D eigenvalue weighted by Crippen LogP contribution is -2.31. The van der Waals surface area contributed by atoms with Gasteiger partial charge in [-0.3, -0.25) is 9.59 Å². The Morgan fingerprint density at radius 1 is 1.21 bits per heavy atom. The van der Waals surface area contributed by atoms with Crippen LogP contribution in [0.25, 0.3) is 10.9 Å². The number of amides is 1. The molecule has 1 amide bonds. The van der Waals surface area contributed by atoms with E-state index in [-0.39, 0.29) is 22.2 Å². The minimum absolute atomic E-state index is 0.0554. The summed E-state index contributed by atoms with van der Waals surface area (Å²) >= 11 is 0. The van der Waals surface area contributed by atoms with Crippen molar-refractivity contribution in [2.24, 2.45) is 0 Å². The summed E-state index contributed by atoms with van der Waals surface area (Å²) in [6.45, 7) is 1.70. The molecule has 0 radical (unpaired) electrons. The number of phenols is 1. The molecule has 122 valence electrons. The molecule has 2 aromatic carbocycles. The van der Waals surface area contributed by atoms with E-state index in [0.29, 0.717) is 5.56 Å². The maximum Gasteiger partial charge on any atom is 0.257 e. The fraction of sp³-hybridized carbons (Fsp3) is 0.111. The molecule has 5 nitrogen and oxygen atoms in total. The number of fused-ring (bicyclic) bond motifs is 1. The Bertz CT molecular complexity index is 981. The minimum Gasteiger partial charge on any atom is -0.508 e. The molecule has 0 aliphatic carbocycles. The fourth-order valence-electron chi connectivity index (χ4n) is 2.59. The van der Waals surface area contributed by atoms with E-state index in [2.05, 4.69) is 10.3 Å². The van der Waals surface area contributed by atoms with E-state index in [9.17, 15) is 19.1 Å². The fourth-order valence-corrected chi connectivity index (χ4v) is 2.59. The number of para-hydroxylation sites is 2. The SMILES string of the molecule is C[C@@H](NC(=O)c1c[nH]c2c(F)cccc2c1=O)c1ccccc1O. The molecule has 3 aromatic rings. The molecule has 0 saturated heterocycles. The molecule has 0 spiro atoms. The molecular weight excluding hydrogens is 311 g/mol. The predicted molar refractivity (Wildman–Crippen MR) is 88.5 cm³/mol. The maximum atomic E-state index is 13.7. The highest BCUT2D eigenvalue weighted by Gasteiger charge is 2.18. The van der Waals surface area contributed by atoms with Crippen LogP contribution in [-0.2, 0) is 0 Å². The first-order valence-corrected chi connectivity index (χ1v) is 7.37. The Morgan fingerprint density at radius 2 is 1.96 bits per heavy atom. The van der Waals surface area contributed by atoms with Crippen molar-refractivity contribution < 1.29 is 14.3 Å². The van der Waals surface area contributed by atoms with Gasteiger partial charge >= 0.3 is 0 Å². The van der Waals surface area contributed by atoms with Crippen molar-refractivity contribution in [2.75, 3.05) is 0 Å². The van der Waals surface area contributed by atoms with Gasteiger partial charge in [0.1, 0.15) is 17.1 Å². The Labute approximate surface area is 136 Å². The zero-order valence-electron chi connectivity index (χ0n) is 12.8. The lowest BCUT2D eigenvalue weighted by molar-refractivity contribution is 0.0938. The zero-order chi connectivity index (χ0) is 17.3. The molecule has 1 atom stereocenters. The van der Waals surface area contributed by atoms with Crippen LogP contribution in [0.2, 0.25) is 0 Å². The van der Waals surface area contributed by atoms with E-state index in [1.807, 2.05) is 0 Å². The number of nitrogens with one attached hydrogen (secondary N) is 2. The van der Waals surface area contributed by atoms with Gasteiger partial charge in [-0.05, 0) is 25.1 Å². The van der Waals surface area contributed by atoms with Gasteiger partial charge in [0.2, 0.25) is 5.43 Å².